The molecule has 3 heterocycles. The van der Waals surface area contributed by atoms with Gasteiger partial charge in [0, 0.05) is 24.6 Å². The van der Waals surface area contributed by atoms with E-state index >= 15 is 0 Å². The lowest BCUT2D eigenvalue weighted by molar-refractivity contribution is -0.157. The molecule has 2 aromatic carbocycles. The van der Waals surface area contributed by atoms with E-state index in [9.17, 15) is 34.2 Å². The zero-order valence-corrected chi connectivity index (χ0v) is 25.0. The molecule has 5 rings (SSSR count). The molecular formula is C26H23ClN8O7S2. The Labute approximate surface area is 262 Å². The van der Waals surface area contributed by atoms with Crippen LogP contribution in [0.4, 0.5) is 0 Å². The second-order valence-corrected chi connectivity index (χ2v) is 12.1. The van der Waals surface area contributed by atoms with Crippen molar-refractivity contribution in [2.24, 2.45) is 18.5 Å². The summed E-state index contributed by atoms with van der Waals surface area (Å²) in [7, 11) is 1.62. The second kappa shape index (κ2) is 12.3. The standard InChI is InChI=1S/C26H23ClN8O7S2/c1-33-26(30-31-32-33)44-10-12-9-43-24-19(23(40)35(24)18(12)25(41)42)34(22(39)17(28)11-5-3-2-4-6-11)21(38)14-7-13(20(29)37)15(27)8-16(14)36/h2-8,17,19,24,36H,9-10,28H2,1H3,(H2,29,37)(H,41,42)/t17-,19?,24-/m1/s1. The minimum atomic E-state index is -1.49. The molecule has 18 heteroatoms. The number of thioether (sulfide) groups is 2. The molecule has 0 bridgehead atoms. The number of hydrogen-bond donors (Lipinski definition) is 4. The highest BCUT2D eigenvalue weighted by Gasteiger charge is 2.59. The number of benzene rings is 2. The number of phenols is 1. The molecular weight excluding hydrogens is 636 g/mol. The third-order valence-corrected chi connectivity index (χ3v) is 9.65. The molecule has 1 saturated heterocycles. The first-order valence-electron chi connectivity index (χ1n) is 12.7. The van der Waals surface area contributed by atoms with Gasteiger partial charge in [-0.2, -0.15) is 0 Å². The van der Waals surface area contributed by atoms with Crippen molar-refractivity contribution in [3.8, 4) is 5.75 Å². The number of nitrogens with two attached hydrogens (primary N) is 2. The van der Waals surface area contributed by atoms with Crippen molar-refractivity contribution in [3.05, 3.63) is 75.4 Å². The smallest absolute Gasteiger partial charge is 0.352 e. The van der Waals surface area contributed by atoms with Crippen LogP contribution in [0.15, 0.2) is 58.9 Å². The fourth-order valence-corrected chi connectivity index (χ4v) is 7.37. The van der Waals surface area contributed by atoms with Crippen LogP contribution in [-0.4, -0.2) is 92.7 Å². The molecule has 0 saturated carbocycles. The molecule has 2 aliphatic rings. The summed E-state index contributed by atoms with van der Waals surface area (Å²) in [6.45, 7) is 0. The number of halogens is 1. The van der Waals surface area contributed by atoms with Gasteiger partial charge in [-0.3, -0.25) is 29.0 Å². The van der Waals surface area contributed by atoms with Crippen LogP contribution >= 0.6 is 35.1 Å². The summed E-state index contributed by atoms with van der Waals surface area (Å²) in [5.41, 5.74) is 11.2. The number of β-lactam (4-membered cyclic amide) rings is 1. The van der Waals surface area contributed by atoms with Gasteiger partial charge in [-0.25, -0.2) is 9.48 Å². The Morgan fingerprint density at radius 3 is 2.52 bits per heavy atom. The number of hydrogen-bond acceptors (Lipinski definition) is 12. The van der Waals surface area contributed by atoms with Gasteiger partial charge in [0.1, 0.15) is 28.9 Å². The first kappa shape index (κ1) is 31.0. The number of carboxylic acid groups (broad SMARTS) is 1. The maximum absolute atomic E-state index is 14.0. The summed E-state index contributed by atoms with van der Waals surface area (Å²) in [5, 5.41) is 31.0. The molecule has 0 aliphatic carbocycles. The van der Waals surface area contributed by atoms with Crippen LogP contribution in [-0.2, 0) is 21.4 Å². The topological polar surface area (TPSA) is 228 Å². The molecule has 1 unspecified atom stereocenters. The minimum Gasteiger partial charge on any atom is -0.507 e. The number of nitrogens with zero attached hydrogens (tertiary/aromatic N) is 6. The Bertz CT molecular complexity index is 1730. The quantitative estimate of drug-likeness (QED) is 0.184. The number of aromatic hydroxyl groups is 1. The molecule has 44 heavy (non-hydrogen) atoms. The molecule has 1 fully saturated rings. The van der Waals surface area contributed by atoms with Crippen molar-refractivity contribution in [1.82, 2.24) is 30.0 Å². The van der Waals surface area contributed by atoms with Gasteiger partial charge in [0.05, 0.1) is 16.1 Å². The zero-order valence-electron chi connectivity index (χ0n) is 22.7. The first-order valence-corrected chi connectivity index (χ1v) is 15.1. The molecule has 1 aromatic heterocycles. The second-order valence-electron chi connectivity index (χ2n) is 9.60. The number of carbonyl (C=O) groups excluding carboxylic acids is 4. The molecule has 3 aromatic rings. The number of primary amides is 1. The van der Waals surface area contributed by atoms with Crippen molar-refractivity contribution in [1.29, 1.82) is 0 Å². The van der Waals surface area contributed by atoms with Crippen LogP contribution in [0.25, 0.3) is 0 Å². The van der Waals surface area contributed by atoms with E-state index in [1.807, 2.05) is 0 Å². The summed E-state index contributed by atoms with van der Waals surface area (Å²) >= 11 is 8.32. The van der Waals surface area contributed by atoms with E-state index in [2.05, 4.69) is 15.5 Å². The van der Waals surface area contributed by atoms with E-state index in [1.165, 1.54) is 16.4 Å². The summed E-state index contributed by atoms with van der Waals surface area (Å²) in [6, 6.07) is 7.01. The predicted molar refractivity (Wildman–Crippen MR) is 157 cm³/mol. The van der Waals surface area contributed by atoms with E-state index in [-0.39, 0.29) is 27.8 Å². The maximum atomic E-state index is 14.0. The highest BCUT2D eigenvalue weighted by atomic mass is 35.5. The van der Waals surface area contributed by atoms with Crippen molar-refractivity contribution >= 4 is 64.7 Å². The SMILES string of the molecule is Cn1nnnc1SCC1=C(C(=O)O)N2C(=O)C(N(C(=O)c3cc(C(N)=O)c(Cl)cc3O)C(=O)[C@H](N)c3ccccc3)[C@H]2SC1. The van der Waals surface area contributed by atoms with Crippen LogP contribution in [0.3, 0.4) is 0 Å². The number of aromatic nitrogens is 4. The lowest BCUT2D eigenvalue weighted by atomic mass is 9.97. The molecule has 0 radical (unpaired) electrons. The molecule has 4 amide bonds. The normalized spacial score (nSPS) is 18.3. The van der Waals surface area contributed by atoms with Crippen LogP contribution in [0.2, 0.25) is 5.02 Å². The lowest BCUT2D eigenvalue weighted by Crippen LogP contribution is -2.72. The largest absolute Gasteiger partial charge is 0.507 e. The number of carbonyl (C=O) groups is 5. The number of rotatable bonds is 9. The fourth-order valence-electron chi connectivity index (χ4n) is 4.74. The van der Waals surface area contributed by atoms with E-state index in [0.29, 0.717) is 21.2 Å². The summed E-state index contributed by atoms with van der Waals surface area (Å²) in [4.78, 5) is 67.6. The number of aliphatic carboxylic acids is 1. The van der Waals surface area contributed by atoms with Gasteiger partial charge in [-0.15, -0.1) is 16.9 Å². The van der Waals surface area contributed by atoms with E-state index in [4.69, 9.17) is 23.1 Å². The lowest BCUT2D eigenvalue weighted by Gasteiger charge is -2.52. The Morgan fingerprint density at radius 2 is 1.91 bits per heavy atom. The Balaban J connectivity index is 1.53. The van der Waals surface area contributed by atoms with Gasteiger partial charge >= 0.3 is 5.97 Å². The van der Waals surface area contributed by atoms with Crippen molar-refractivity contribution < 1.29 is 34.2 Å². The van der Waals surface area contributed by atoms with Gasteiger partial charge in [0.25, 0.3) is 17.7 Å². The van der Waals surface area contributed by atoms with Gasteiger partial charge in [0.15, 0.2) is 0 Å². The average Bonchev–Trinajstić information content (AvgIpc) is 3.41. The highest BCUT2D eigenvalue weighted by molar-refractivity contribution is 8.01. The number of carboxylic acids is 1. The predicted octanol–water partition coefficient (Wildman–Crippen LogP) is 0.752. The van der Waals surface area contributed by atoms with Crippen LogP contribution in [0.1, 0.15) is 32.3 Å². The number of amides is 4. The zero-order chi connectivity index (χ0) is 31.9. The number of imide groups is 1. The van der Waals surface area contributed by atoms with Crippen LogP contribution in [0, 0.1) is 0 Å². The number of phenolic OH excluding ortho intramolecular Hbond substituents is 1. The van der Waals surface area contributed by atoms with Gasteiger partial charge in [-0.05, 0) is 27.6 Å². The van der Waals surface area contributed by atoms with E-state index in [1.54, 1.807) is 37.4 Å². The first-order chi connectivity index (χ1) is 20.9. The molecule has 228 valence electrons. The monoisotopic (exact) mass is 658 g/mol. The highest BCUT2D eigenvalue weighted by Crippen LogP contribution is 2.44. The maximum Gasteiger partial charge on any atom is 0.352 e. The fraction of sp³-hybridized carbons (Fsp3) is 0.231. The van der Waals surface area contributed by atoms with Gasteiger partial charge < -0.3 is 21.7 Å². The Kier molecular flexibility index (Phi) is 8.64. The number of fused-ring (bicyclic) bond motifs is 1. The third-order valence-electron chi connectivity index (χ3n) is 6.92. The Hall–Kier alpha value is -4.45. The summed E-state index contributed by atoms with van der Waals surface area (Å²) < 4.78 is 1.41. The molecule has 6 N–H and O–H groups in total. The van der Waals surface area contributed by atoms with Gasteiger partial charge in [-0.1, -0.05) is 53.7 Å². The average molecular weight is 659 g/mol. The van der Waals surface area contributed by atoms with Gasteiger partial charge in [0.2, 0.25) is 11.1 Å². The summed E-state index contributed by atoms with van der Waals surface area (Å²) in [6.07, 6.45) is 0. The molecule has 15 nitrogen and oxygen atoms in total. The minimum absolute atomic E-state index is 0.143. The molecule has 3 atom stereocenters. The van der Waals surface area contributed by atoms with Crippen LogP contribution < -0.4 is 11.5 Å². The molecule has 0 spiro atoms. The van der Waals surface area contributed by atoms with Crippen LogP contribution in [0.5, 0.6) is 5.75 Å². The third kappa shape index (κ3) is 5.49. The summed E-state index contributed by atoms with van der Waals surface area (Å²) in [5.74, 6) is -5.77. The Morgan fingerprint density at radius 1 is 1.20 bits per heavy atom. The van der Waals surface area contributed by atoms with Crippen molar-refractivity contribution in [3.63, 3.8) is 0 Å². The van der Waals surface area contributed by atoms with Crippen molar-refractivity contribution in [2.75, 3.05) is 11.5 Å². The van der Waals surface area contributed by atoms with Crippen molar-refractivity contribution in [2.45, 2.75) is 22.6 Å². The van der Waals surface area contributed by atoms with E-state index in [0.717, 1.165) is 28.8 Å². The number of tetrazole rings is 1. The number of aryl methyl sites for hydroxylation is 1. The van der Waals surface area contributed by atoms with E-state index < -0.39 is 58.4 Å². The molecule has 2 aliphatic heterocycles.